The molecular formula is C7H6F3NO. The molecule has 1 rings (SSSR count). The molecule has 1 aromatic rings. The summed E-state index contributed by atoms with van der Waals surface area (Å²) in [5.74, 6) is -1.04. The number of hydrogen-bond donors (Lipinski definition) is 1. The molecule has 0 radical (unpaired) electrons. The topological polar surface area (TPSA) is 33.1 Å². The number of nitrogens with zero attached hydrogens (tertiary/aromatic N) is 1. The number of aliphatic hydroxyl groups is 1. The predicted molar refractivity (Wildman–Crippen MR) is 35.1 cm³/mol. The van der Waals surface area contributed by atoms with Crippen molar-refractivity contribution in [3.63, 3.8) is 0 Å². The van der Waals surface area contributed by atoms with E-state index in [0.29, 0.717) is 0 Å². The number of halogens is 3. The summed E-state index contributed by atoms with van der Waals surface area (Å²) in [5.41, 5.74) is -0.705. The van der Waals surface area contributed by atoms with Gasteiger partial charge in [0.1, 0.15) is 5.82 Å². The molecule has 12 heavy (non-hydrogen) atoms. The molecule has 0 aliphatic rings. The van der Waals surface area contributed by atoms with Crippen LogP contribution < -0.4 is 0 Å². The molecule has 0 unspecified atom stereocenters. The lowest BCUT2D eigenvalue weighted by Gasteiger charge is -2.01. The monoisotopic (exact) mass is 177 g/mol. The normalized spacial score (nSPS) is 10.8. The average Bonchev–Trinajstić information content (AvgIpc) is 2.03. The average molecular weight is 177 g/mol. The summed E-state index contributed by atoms with van der Waals surface area (Å²) < 4.78 is 36.5. The maximum atomic E-state index is 12.7. The highest BCUT2D eigenvalue weighted by molar-refractivity contribution is 5.17. The lowest BCUT2D eigenvalue weighted by atomic mass is 10.2. The van der Waals surface area contributed by atoms with Gasteiger partial charge in [-0.1, -0.05) is 0 Å². The molecule has 0 saturated carbocycles. The van der Waals surface area contributed by atoms with E-state index in [4.69, 9.17) is 5.11 Å². The van der Waals surface area contributed by atoms with Gasteiger partial charge in [0, 0.05) is 6.20 Å². The summed E-state index contributed by atoms with van der Waals surface area (Å²) in [4.78, 5) is 3.41. The molecule has 0 atom stereocenters. The van der Waals surface area contributed by atoms with E-state index in [0.717, 1.165) is 12.3 Å². The molecule has 0 spiro atoms. The predicted octanol–water partition coefficient (Wildman–Crippen LogP) is 1.65. The van der Waals surface area contributed by atoms with E-state index < -0.39 is 24.4 Å². The Morgan fingerprint density at radius 1 is 1.50 bits per heavy atom. The largest absolute Gasteiger partial charge is 0.390 e. The summed E-state index contributed by atoms with van der Waals surface area (Å²) in [6, 6.07) is 0.793. The summed E-state index contributed by atoms with van der Waals surface area (Å²) in [5, 5.41) is 8.47. The fraction of sp³-hybridized carbons (Fsp3) is 0.286. The van der Waals surface area contributed by atoms with E-state index in [2.05, 4.69) is 4.98 Å². The fourth-order valence-electron chi connectivity index (χ4n) is 0.728. The van der Waals surface area contributed by atoms with Crippen LogP contribution in [0.3, 0.4) is 0 Å². The summed E-state index contributed by atoms with van der Waals surface area (Å²) in [6.07, 6.45) is -2.14. The number of hydrogen-bond acceptors (Lipinski definition) is 2. The molecule has 0 amide bonds. The molecule has 0 fully saturated rings. The van der Waals surface area contributed by atoms with Crippen molar-refractivity contribution in [3.8, 4) is 0 Å². The second-order valence-electron chi connectivity index (χ2n) is 2.16. The Bertz CT molecular complexity index is 277. The molecule has 1 heterocycles. The van der Waals surface area contributed by atoms with Crippen molar-refractivity contribution in [3.05, 3.63) is 29.3 Å². The molecular weight excluding hydrogens is 171 g/mol. The third-order valence-electron chi connectivity index (χ3n) is 1.34. The fourth-order valence-corrected chi connectivity index (χ4v) is 0.728. The summed E-state index contributed by atoms with van der Waals surface area (Å²) in [7, 11) is 0. The Hall–Kier alpha value is -1.10. The van der Waals surface area contributed by atoms with Crippen molar-refractivity contribution >= 4 is 0 Å². The summed E-state index contributed by atoms with van der Waals surface area (Å²) >= 11 is 0. The van der Waals surface area contributed by atoms with Crippen LogP contribution in [0, 0.1) is 5.82 Å². The minimum absolute atomic E-state index is 0.0388. The molecule has 0 bridgehead atoms. The molecule has 0 saturated heterocycles. The van der Waals surface area contributed by atoms with Gasteiger partial charge in [-0.3, -0.25) is 4.98 Å². The Labute approximate surface area is 66.7 Å². The van der Waals surface area contributed by atoms with Gasteiger partial charge < -0.3 is 5.11 Å². The Kier molecular flexibility index (Phi) is 2.65. The minimum Gasteiger partial charge on any atom is -0.390 e. The SMILES string of the molecule is OCc1cc(F)c(C(F)F)cn1. The Morgan fingerprint density at radius 3 is 2.58 bits per heavy atom. The number of rotatable bonds is 2. The Morgan fingerprint density at radius 2 is 2.17 bits per heavy atom. The van der Waals surface area contributed by atoms with E-state index in [9.17, 15) is 13.2 Å². The van der Waals surface area contributed by atoms with Crippen LogP contribution in [0.25, 0.3) is 0 Å². The highest BCUT2D eigenvalue weighted by Gasteiger charge is 2.13. The smallest absolute Gasteiger partial charge is 0.268 e. The van der Waals surface area contributed by atoms with Gasteiger partial charge in [0.2, 0.25) is 0 Å². The van der Waals surface area contributed by atoms with Crippen molar-refractivity contribution < 1.29 is 18.3 Å². The molecule has 0 aliphatic carbocycles. The minimum atomic E-state index is -2.87. The molecule has 5 heteroatoms. The van der Waals surface area contributed by atoms with Crippen LogP contribution in [0.5, 0.6) is 0 Å². The van der Waals surface area contributed by atoms with E-state index >= 15 is 0 Å². The highest BCUT2D eigenvalue weighted by atomic mass is 19.3. The van der Waals surface area contributed by atoms with Gasteiger partial charge in [0.05, 0.1) is 17.9 Å². The molecule has 66 valence electrons. The quantitative estimate of drug-likeness (QED) is 0.745. The highest BCUT2D eigenvalue weighted by Crippen LogP contribution is 2.20. The van der Waals surface area contributed by atoms with Crippen molar-refractivity contribution in [2.45, 2.75) is 13.0 Å². The van der Waals surface area contributed by atoms with Crippen LogP contribution >= 0.6 is 0 Å². The maximum Gasteiger partial charge on any atom is 0.268 e. The van der Waals surface area contributed by atoms with E-state index in [1.165, 1.54) is 0 Å². The number of aliphatic hydroxyl groups excluding tert-OH is 1. The van der Waals surface area contributed by atoms with Crippen molar-refractivity contribution in [1.82, 2.24) is 4.98 Å². The van der Waals surface area contributed by atoms with Gasteiger partial charge >= 0.3 is 0 Å². The van der Waals surface area contributed by atoms with Gasteiger partial charge in [-0.15, -0.1) is 0 Å². The third kappa shape index (κ3) is 1.73. The number of pyridine rings is 1. The lowest BCUT2D eigenvalue weighted by molar-refractivity contribution is 0.145. The first-order valence-electron chi connectivity index (χ1n) is 3.18. The molecule has 1 N–H and O–H groups in total. The molecule has 1 aromatic heterocycles. The third-order valence-corrected chi connectivity index (χ3v) is 1.34. The van der Waals surface area contributed by atoms with Crippen LogP contribution in [-0.2, 0) is 6.61 Å². The zero-order chi connectivity index (χ0) is 9.14. The van der Waals surface area contributed by atoms with Crippen molar-refractivity contribution in [2.75, 3.05) is 0 Å². The van der Waals surface area contributed by atoms with Crippen LogP contribution in [0.15, 0.2) is 12.3 Å². The first-order chi connectivity index (χ1) is 5.65. The van der Waals surface area contributed by atoms with Gasteiger partial charge in [-0.2, -0.15) is 0 Å². The first-order valence-corrected chi connectivity index (χ1v) is 3.18. The van der Waals surface area contributed by atoms with Crippen molar-refractivity contribution in [2.24, 2.45) is 0 Å². The van der Waals surface area contributed by atoms with E-state index in [1.807, 2.05) is 0 Å². The standard InChI is InChI=1S/C7H6F3NO/c8-6-1-4(3-12)11-2-5(6)7(9)10/h1-2,7,12H,3H2. The molecule has 2 nitrogen and oxygen atoms in total. The summed E-state index contributed by atoms with van der Waals surface area (Å²) in [6.45, 7) is -0.458. The lowest BCUT2D eigenvalue weighted by Crippen LogP contribution is -1.96. The second-order valence-corrected chi connectivity index (χ2v) is 2.16. The van der Waals surface area contributed by atoms with E-state index in [1.54, 1.807) is 0 Å². The zero-order valence-electron chi connectivity index (χ0n) is 5.97. The van der Waals surface area contributed by atoms with Gasteiger partial charge in [-0.25, -0.2) is 13.2 Å². The number of aromatic nitrogens is 1. The van der Waals surface area contributed by atoms with Crippen LogP contribution in [-0.4, -0.2) is 10.1 Å². The van der Waals surface area contributed by atoms with Crippen molar-refractivity contribution in [1.29, 1.82) is 0 Å². The van der Waals surface area contributed by atoms with Gasteiger partial charge in [0.15, 0.2) is 0 Å². The van der Waals surface area contributed by atoms with Gasteiger partial charge in [-0.05, 0) is 6.07 Å². The van der Waals surface area contributed by atoms with Gasteiger partial charge in [0.25, 0.3) is 6.43 Å². The van der Waals surface area contributed by atoms with Crippen LogP contribution in [0.4, 0.5) is 13.2 Å². The van der Waals surface area contributed by atoms with E-state index in [-0.39, 0.29) is 5.69 Å². The number of alkyl halides is 2. The molecule has 0 aliphatic heterocycles. The molecule has 0 aromatic carbocycles. The van der Waals surface area contributed by atoms with Crippen LogP contribution in [0.1, 0.15) is 17.7 Å². The Balaban J connectivity index is 3.03. The van der Waals surface area contributed by atoms with Crippen LogP contribution in [0.2, 0.25) is 0 Å². The maximum absolute atomic E-state index is 12.7. The second kappa shape index (κ2) is 3.53. The zero-order valence-corrected chi connectivity index (χ0v) is 5.97. The first kappa shape index (κ1) is 8.99.